The summed E-state index contributed by atoms with van der Waals surface area (Å²) in [5, 5.41) is 3.41. The van der Waals surface area contributed by atoms with Crippen molar-refractivity contribution in [3.8, 4) is 0 Å². The number of anilines is 4. The lowest BCUT2D eigenvalue weighted by molar-refractivity contribution is -0.182. The van der Waals surface area contributed by atoms with E-state index in [1.54, 1.807) is 13.2 Å². The predicted molar refractivity (Wildman–Crippen MR) is 137 cm³/mol. The summed E-state index contributed by atoms with van der Waals surface area (Å²) in [6, 6.07) is 8.25. The molecular formula is C27H34F3N5O2. The third kappa shape index (κ3) is 5.40. The lowest BCUT2D eigenvalue weighted by Crippen LogP contribution is -2.48. The van der Waals surface area contributed by atoms with E-state index in [1.165, 1.54) is 11.8 Å². The second-order valence-corrected chi connectivity index (χ2v) is 10.2. The van der Waals surface area contributed by atoms with Gasteiger partial charge in [0, 0.05) is 42.5 Å². The van der Waals surface area contributed by atoms with Crippen LogP contribution in [0.5, 0.6) is 0 Å². The minimum Gasteiger partial charge on any atom is -0.378 e. The van der Waals surface area contributed by atoms with Gasteiger partial charge < -0.3 is 19.9 Å². The number of hydrogen-bond acceptors (Lipinski definition) is 6. The molecule has 0 bridgehead atoms. The molecule has 1 saturated heterocycles. The minimum atomic E-state index is -4.26. The number of nitrogens with one attached hydrogen (secondary N) is 1. The fourth-order valence-electron chi connectivity index (χ4n) is 5.62. The van der Waals surface area contributed by atoms with Gasteiger partial charge >= 0.3 is 6.18 Å². The molecule has 200 valence electrons. The molecule has 2 aliphatic heterocycles. The number of aromatic nitrogens is 1. The standard InChI is InChI=1S/C27H34F3N5O2/c1-18(27(28,29)30)33(2)21-7-5-19(6-8-21)26(36)35-17-20-4-3-11-31-25(20)32-23-10-9-22(16-24(23)35)34-12-14-37-15-13-34/h3-4,9-11,16,18-19,21H,5-8,12-15,17H2,1-2H3,(H,31,32)/t18-,19?,21?/m0/s1. The Kier molecular flexibility index (Phi) is 7.31. The van der Waals surface area contributed by atoms with E-state index in [0.717, 1.165) is 41.5 Å². The molecule has 1 N–H and O–H groups in total. The van der Waals surface area contributed by atoms with Gasteiger partial charge in [-0.3, -0.25) is 9.69 Å². The zero-order chi connectivity index (χ0) is 26.2. The normalized spacial score (nSPS) is 23.1. The second kappa shape index (κ2) is 10.5. The van der Waals surface area contributed by atoms with Crippen LogP contribution in [0.1, 0.15) is 38.2 Å². The third-order valence-corrected chi connectivity index (χ3v) is 8.09. The molecule has 0 spiro atoms. The van der Waals surface area contributed by atoms with Crippen LogP contribution in [0.25, 0.3) is 0 Å². The summed E-state index contributed by atoms with van der Waals surface area (Å²) in [6.45, 7) is 4.50. The highest BCUT2D eigenvalue weighted by Crippen LogP contribution is 2.40. The van der Waals surface area contributed by atoms with E-state index < -0.39 is 12.2 Å². The van der Waals surface area contributed by atoms with Crippen LogP contribution in [0.15, 0.2) is 36.5 Å². The van der Waals surface area contributed by atoms with Crippen LogP contribution in [0.3, 0.4) is 0 Å². The number of ether oxygens (including phenoxy) is 1. The first kappa shape index (κ1) is 25.8. The molecule has 0 unspecified atom stereocenters. The van der Waals surface area contributed by atoms with E-state index >= 15 is 0 Å². The van der Waals surface area contributed by atoms with Crippen molar-refractivity contribution in [2.24, 2.45) is 5.92 Å². The summed E-state index contributed by atoms with van der Waals surface area (Å²) >= 11 is 0. The van der Waals surface area contributed by atoms with E-state index in [2.05, 4.69) is 27.3 Å². The maximum absolute atomic E-state index is 14.0. The van der Waals surface area contributed by atoms with Crippen molar-refractivity contribution in [2.45, 2.75) is 57.4 Å². The molecule has 1 aromatic carbocycles. The van der Waals surface area contributed by atoms with Crippen molar-refractivity contribution in [1.82, 2.24) is 9.88 Å². The van der Waals surface area contributed by atoms with Gasteiger partial charge in [0.15, 0.2) is 0 Å². The summed E-state index contributed by atoms with van der Waals surface area (Å²) in [5.41, 5.74) is 3.58. The van der Waals surface area contributed by atoms with Crippen LogP contribution in [0.2, 0.25) is 0 Å². The number of alkyl halides is 3. The quantitative estimate of drug-likeness (QED) is 0.620. The van der Waals surface area contributed by atoms with Gasteiger partial charge in [-0.2, -0.15) is 13.2 Å². The molecule has 1 amide bonds. The number of benzene rings is 1. The Balaban J connectivity index is 1.38. The smallest absolute Gasteiger partial charge is 0.378 e. The zero-order valence-electron chi connectivity index (χ0n) is 21.3. The van der Waals surface area contributed by atoms with Crippen LogP contribution >= 0.6 is 0 Å². The van der Waals surface area contributed by atoms with Crippen molar-refractivity contribution < 1.29 is 22.7 Å². The highest BCUT2D eigenvalue weighted by atomic mass is 19.4. The molecule has 1 atom stereocenters. The van der Waals surface area contributed by atoms with Crippen LogP contribution in [0.4, 0.5) is 36.1 Å². The first-order valence-electron chi connectivity index (χ1n) is 13.0. The van der Waals surface area contributed by atoms with Crippen molar-refractivity contribution >= 4 is 28.8 Å². The van der Waals surface area contributed by atoms with Crippen LogP contribution in [0, 0.1) is 5.92 Å². The van der Waals surface area contributed by atoms with Gasteiger partial charge in [0.1, 0.15) is 11.9 Å². The molecule has 3 heterocycles. The van der Waals surface area contributed by atoms with Crippen LogP contribution < -0.4 is 15.1 Å². The minimum absolute atomic E-state index is 0.0175. The van der Waals surface area contributed by atoms with Crippen molar-refractivity contribution in [3.05, 3.63) is 42.1 Å². The van der Waals surface area contributed by atoms with Gasteiger partial charge in [0.2, 0.25) is 5.91 Å². The molecule has 1 aliphatic carbocycles. The summed E-state index contributed by atoms with van der Waals surface area (Å²) in [4.78, 5) is 24.0. The molecule has 5 rings (SSSR count). The fraction of sp³-hybridized carbons (Fsp3) is 0.556. The molecule has 10 heteroatoms. The molecular weight excluding hydrogens is 483 g/mol. The number of pyridine rings is 1. The SMILES string of the molecule is C[C@H](N(C)C1CCC(C(=O)N2Cc3cccnc3Nc3ccc(N4CCOCC4)cc32)CC1)C(F)(F)F. The number of nitrogens with zero attached hydrogens (tertiary/aromatic N) is 4. The van der Waals surface area contributed by atoms with Gasteiger partial charge in [0.05, 0.1) is 31.1 Å². The van der Waals surface area contributed by atoms with E-state index in [0.29, 0.717) is 45.4 Å². The van der Waals surface area contributed by atoms with Gasteiger partial charge in [-0.25, -0.2) is 4.98 Å². The molecule has 2 fully saturated rings. The number of amides is 1. The Bertz CT molecular complexity index is 1110. The molecule has 3 aliphatic rings. The molecule has 2 aromatic rings. The third-order valence-electron chi connectivity index (χ3n) is 8.09. The highest BCUT2D eigenvalue weighted by molar-refractivity contribution is 6.00. The maximum Gasteiger partial charge on any atom is 0.403 e. The number of carbonyl (C=O) groups excluding carboxylic acids is 1. The number of morpholine rings is 1. The largest absolute Gasteiger partial charge is 0.403 e. The fourth-order valence-corrected chi connectivity index (χ4v) is 5.62. The van der Waals surface area contributed by atoms with Gasteiger partial charge in [-0.05, 0) is 63.9 Å². The van der Waals surface area contributed by atoms with E-state index in [9.17, 15) is 18.0 Å². The first-order chi connectivity index (χ1) is 17.7. The number of carbonyl (C=O) groups is 1. The Morgan fingerprint density at radius 1 is 1.16 bits per heavy atom. The number of hydrogen-bond donors (Lipinski definition) is 1. The summed E-state index contributed by atoms with van der Waals surface area (Å²) in [5.74, 6) is 0.512. The molecule has 1 saturated carbocycles. The molecule has 7 nitrogen and oxygen atoms in total. The van der Waals surface area contributed by atoms with Crippen LogP contribution in [-0.2, 0) is 16.1 Å². The zero-order valence-corrected chi connectivity index (χ0v) is 21.3. The van der Waals surface area contributed by atoms with Crippen molar-refractivity contribution in [2.75, 3.05) is 48.5 Å². The van der Waals surface area contributed by atoms with Crippen molar-refractivity contribution in [1.29, 1.82) is 0 Å². The average molecular weight is 518 g/mol. The maximum atomic E-state index is 14.0. The lowest BCUT2D eigenvalue weighted by atomic mass is 9.84. The average Bonchev–Trinajstić information content (AvgIpc) is 3.08. The predicted octanol–water partition coefficient (Wildman–Crippen LogP) is 4.95. The lowest BCUT2D eigenvalue weighted by Gasteiger charge is -2.39. The molecule has 37 heavy (non-hydrogen) atoms. The molecule has 0 radical (unpaired) electrons. The number of halogens is 3. The summed E-state index contributed by atoms with van der Waals surface area (Å²) in [6.07, 6.45) is -0.257. The van der Waals surface area contributed by atoms with E-state index in [4.69, 9.17) is 4.74 Å². The van der Waals surface area contributed by atoms with Gasteiger partial charge in [0.25, 0.3) is 0 Å². The van der Waals surface area contributed by atoms with E-state index in [1.807, 2.05) is 23.1 Å². The monoisotopic (exact) mass is 517 g/mol. The van der Waals surface area contributed by atoms with E-state index in [-0.39, 0.29) is 17.9 Å². The van der Waals surface area contributed by atoms with Gasteiger partial charge in [-0.1, -0.05) is 6.07 Å². The van der Waals surface area contributed by atoms with Crippen LogP contribution in [-0.4, -0.2) is 67.4 Å². The Labute approximate surface area is 215 Å². The highest BCUT2D eigenvalue weighted by Gasteiger charge is 2.42. The topological polar surface area (TPSA) is 60.9 Å². The summed E-state index contributed by atoms with van der Waals surface area (Å²) in [7, 11) is 1.54. The first-order valence-corrected chi connectivity index (χ1v) is 13.0. The Hall–Kier alpha value is -2.85. The van der Waals surface area contributed by atoms with Gasteiger partial charge in [-0.15, -0.1) is 0 Å². The molecule has 1 aromatic heterocycles. The second-order valence-electron chi connectivity index (χ2n) is 10.2. The number of fused-ring (bicyclic) bond motifs is 2. The summed E-state index contributed by atoms with van der Waals surface area (Å²) < 4.78 is 45.2. The van der Waals surface area contributed by atoms with Crippen molar-refractivity contribution in [3.63, 3.8) is 0 Å². The Morgan fingerprint density at radius 3 is 2.59 bits per heavy atom. The number of rotatable bonds is 4. The Morgan fingerprint density at radius 2 is 1.89 bits per heavy atom.